The normalized spacial score (nSPS) is 10.4. The Morgan fingerprint density at radius 1 is 0.815 bits per heavy atom. The molecule has 0 fully saturated rings. The Balaban J connectivity index is 1.89. The first-order chi connectivity index (χ1) is 13.0. The van der Waals surface area contributed by atoms with Crippen LogP contribution in [0, 0.1) is 20.8 Å². The molecule has 0 bridgehead atoms. The third-order valence-corrected chi connectivity index (χ3v) is 4.38. The summed E-state index contributed by atoms with van der Waals surface area (Å²) < 4.78 is 10.7. The Morgan fingerprint density at radius 2 is 1.63 bits per heavy atom. The zero-order valence-electron chi connectivity index (χ0n) is 16.3. The lowest BCUT2D eigenvalue weighted by Crippen LogP contribution is -2.04. The van der Waals surface area contributed by atoms with Crippen molar-refractivity contribution in [1.82, 2.24) is 9.97 Å². The lowest BCUT2D eigenvalue weighted by Gasteiger charge is -2.14. The number of nitrogens with one attached hydrogen (secondary N) is 2. The van der Waals surface area contributed by atoms with Crippen molar-refractivity contribution in [2.45, 2.75) is 20.8 Å². The molecule has 0 unspecified atom stereocenters. The first kappa shape index (κ1) is 18.5. The average Bonchev–Trinajstić information content (AvgIpc) is 2.65. The van der Waals surface area contributed by atoms with E-state index in [2.05, 4.69) is 40.5 Å². The highest BCUT2D eigenvalue weighted by atomic mass is 16.5. The topological polar surface area (TPSA) is 68.3 Å². The fraction of sp³-hybridized carbons (Fsp3) is 0.238. The van der Waals surface area contributed by atoms with Crippen LogP contribution in [-0.4, -0.2) is 24.2 Å². The van der Waals surface area contributed by atoms with E-state index in [1.165, 1.54) is 11.1 Å². The van der Waals surface area contributed by atoms with Gasteiger partial charge in [0.15, 0.2) is 0 Å². The lowest BCUT2D eigenvalue weighted by atomic mass is 10.1. The molecule has 0 radical (unpaired) electrons. The number of rotatable bonds is 6. The van der Waals surface area contributed by atoms with Crippen LogP contribution in [0.2, 0.25) is 0 Å². The molecule has 0 amide bonds. The SMILES string of the molecule is COc1ccc(Nc2nc(C)cc(Nc3cccc(C)c3C)n2)c(OC)c1. The summed E-state index contributed by atoms with van der Waals surface area (Å²) in [7, 11) is 3.24. The molecule has 2 aromatic carbocycles. The van der Waals surface area contributed by atoms with E-state index in [4.69, 9.17) is 9.47 Å². The van der Waals surface area contributed by atoms with Crippen LogP contribution in [0.5, 0.6) is 11.5 Å². The van der Waals surface area contributed by atoms with Crippen LogP contribution >= 0.6 is 0 Å². The highest BCUT2D eigenvalue weighted by molar-refractivity contribution is 5.67. The minimum atomic E-state index is 0.492. The van der Waals surface area contributed by atoms with Crippen LogP contribution < -0.4 is 20.1 Å². The number of benzene rings is 2. The number of nitrogens with zero attached hydrogens (tertiary/aromatic N) is 2. The van der Waals surface area contributed by atoms with Crippen molar-refractivity contribution in [3.63, 3.8) is 0 Å². The Morgan fingerprint density at radius 3 is 2.37 bits per heavy atom. The van der Waals surface area contributed by atoms with Gasteiger partial charge in [0.25, 0.3) is 0 Å². The molecule has 3 aromatic rings. The second kappa shape index (κ2) is 7.95. The van der Waals surface area contributed by atoms with Gasteiger partial charge in [-0.1, -0.05) is 12.1 Å². The smallest absolute Gasteiger partial charge is 0.229 e. The zero-order valence-corrected chi connectivity index (χ0v) is 16.3. The number of aromatic nitrogens is 2. The summed E-state index contributed by atoms with van der Waals surface area (Å²) in [5.41, 5.74) is 5.07. The fourth-order valence-electron chi connectivity index (χ4n) is 2.74. The van der Waals surface area contributed by atoms with Gasteiger partial charge in [-0.25, -0.2) is 4.98 Å². The van der Waals surface area contributed by atoms with Gasteiger partial charge in [-0.3, -0.25) is 0 Å². The summed E-state index contributed by atoms with van der Waals surface area (Å²) in [4.78, 5) is 9.07. The van der Waals surface area contributed by atoms with Gasteiger partial charge in [0.1, 0.15) is 17.3 Å². The van der Waals surface area contributed by atoms with Crippen LogP contribution in [0.3, 0.4) is 0 Å². The van der Waals surface area contributed by atoms with Gasteiger partial charge in [-0.15, -0.1) is 0 Å². The van der Waals surface area contributed by atoms with Crippen LogP contribution in [0.15, 0.2) is 42.5 Å². The zero-order chi connectivity index (χ0) is 19.4. The molecular formula is C21H24N4O2. The summed E-state index contributed by atoms with van der Waals surface area (Å²) in [6.07, 6.45) is 0. The van der Waals surface area contributed by atoms with Gasteiger partial charge in [-0.05, 0) is 50.1 Å². The average molecular weight is 364 g/mol. The van der Waals surface area contributed by atoms with Crippen molar-refractivity contribution in [1.29, 1.82) is 0 Å². The van der Waals surface area contributed by atoms with Crippen LogP contribution in [0.25, 0.3) is 0 Å². The molecule has 0 aliphatic heterocycles. The van der Waals surface area contributed by atoms with E-state index in [0.717, 1.165) is 28.6 Å². The fourth-order valence-corrected chi connectivity index (χ4v) is 2.74. The van der Waals surface area contributed by atoms with Crippen molar-refractivity contribution in [3.8, 4) is 11.5 Å². The van der Waals surface area contributed by atoms with Gasteiger partial charge in [0.05, 0.1) is 19.9 Å². The first-order valence-corrected chi connectivity index (χ1v) is 8.68. The third-order valence-electron chi connectivity index (χ3n) is 4.38. The number of aryl methyl sites for hydroxylation is 2. The lowest BCUT2D eigenvalue weighted by molar-refractivity contribution is 0.395. The van der Waals surface area contributed by atoms with Crippen LogP contribution in [0.4, 0.5) is 23.1 Å². The van der Waals surface area contributed by atoms with E-state index in [1.807, 2.05) is 43.3 Å². The van der Waals surface area contributed by atoms with E-state index in [9.17, 15) is 0 Å². The van der Waals surface area contributed by atoms with E-state index in [1.54, 1.807) is 14.2 Å². The molecule has 1 aromatic heterocycles. The monoisotopic (exact) mass is 364 g/mol. The van der Waals surface area contributed by atoms with Gasteiger partial charge >= 0.3 is 0 Å². The molecule has 3 rings (SSSR count). The Bertz CT molecular complexity index is 957. The quantitative estimate of drug-likeness (QED) is 0.648. The van der Waals surface area contributed by atoms with Crippen molar-refractivity contribution in [2.75, 3.05) is 24.9 Å². The molecule has 6 nitrogen and oxygen atoms in total. The Kier molecular flexibility index (Phi) is 5.45. The molecule has 0 atom stereocenters. The van der Waals surface area contributed by atoms with Gasteiger partial charge in [0, 0.05) is 23.5 Å². The largest absolute Gasteiger partial charge is 0.497 e. The molecule has 0 aliphatic rings. The van der Waals surface area contributed by atoms with Crippen LogP contribution in [-0.2, 0) is 0 Å². The first-order valence-electron chi connectivity index (χ1n) is 8.68. The number of hydrogen-bond acceptors (Lipinski definition) is 6. The third kappa shape index (κ3) is 4.28. The number of hydrogen-bond donors (Lipinski definition) is 2. The van der Waals surface area contributed by atoms with Gasteiger partial charge in [-0.2, -0.15) is 4.98 Å². The van der Waals surface area contributed by atoms with E-state index < -0.39 is 0 Å². The molecule has 0 saturated heterocycles. The maximum absolute atomic E-state index is 5.43. The molecule has 0 aliphatic carbocycles. The van der Waals surface area contributed by atoms with Crippen molar-refractivity contribution < 1.29 is 9.47 Å². The number of anilines is 4. The van der Waals surface area contributed by atoms with Crippen molar-refractivity contribution in [3.05, 3.63) is 59.3 Å². The number of methoxy groups -OCH3 is 2. The second-order valence-corrected chi connectivity index (χ2v) is 6.28. The summed E-state index contributed by atoms with van der Waals surface area (Å²) in [6, 6.07) is 13.6. The molecule has 140 valence electrons. The van der Waals surface area contributed by atoms with Gasteiger partial charge in [0.2, 0.25) is 5.95 Å². The van der Waals surface area contributed by atoms with E-state index >= 15 is 0 Å². The molecule has 0 saturated carbocycles. The Labute approximate surface area is 159 Å². The molecule has 27 heavy (non-hydrogen) atoms. The minimum absolute atomic E-state index is 0.492. The molecule has 2 N–H and O–H groups in total. The molecule has 6 heteroatoms. The maximum Gasteiger partial charge on any atom is 0.229 e. The van der Waals surface area contributed by atoms with Crippen molar-refractivity contribution in [2.24, 2.45) is 0 Å². The van der Waals surface area contributed by atoms with Gasteiger partial charge < -0.3 is 20.1 Å². The summed E-state index contributed by atoms with van der Waals surface area (Å²) in [5, 5.41) is 6.61. The predicted molar refractivity (Wildman–Crippen MR) is 109 cm³/mol. The highest BCUT2D eigenvalue weighted by Gasteiger charge is 2.09. The molecule has 1 heterocycles. The second-order valence-electron chi connectivity index (χ2n) is 6.28. The molecular weight excluding hydrogens is 340 g/mol. The highest BCUT2D eigenvalue weighted by Crippen LogP contribution is 2.31. The number of ether oxygens (including phenoxy) is 2. The van der Waals surface area contributed by atoms with E-state index in [-0.39, 0.29) is 0 Å². The Hall–Kier alpha value is -3.28. The van der Waals surface area contributed by atoms with Crippen molar-refractivity contribution >= 4 is 23.1 Å². The van der Waals surface area contributed by atoms with Crippen LogP contribution in [0.1, 0.15) is 16.8 Å². The molecule has 0 spiro atoms. The van der Waals surface area contributed by atoms with E-state index in [0.29, 0.717) is 11.7 Å². The summed E-state index contributed by atoms with van der Waals surface area (Å²) in [5.74, 6) is 2.60. The maximum atomic E-state index is 5.43. The summed E-state index contributed by atoms with van der Waals surface area (Å²) in [6.45, 7) is 6.12. The predicted octanol–water partition coefficient (Wildman–Crippen LogP) is 4.91. The minimum Gasteiger partial charge on any atom is -0.497 e. The summed E-state index contributed by atoms with van der Waals surface area (Å²) >= 11 is 0. The standard InChI is InChI=1S/C21H24N4O2/c1-13-7-6-8-17(15(13)3)23-20-11-14(2)22-21(25-20)24-18-10-9-16(26-4)12-19(18)27-5/h6-12H,1-5H3,(H2,22,23,24,25).